The van der Waals surface area contributed by atoms with Crippen LogP contribution in [0.4, 0.5) is 5.69 Å². The number of nitrogens with zero attached hydrogens (tertiary/aromatic N) is 1. The molecule has 1 unspecified atom stereocenters. The Hall–Kier alpha value is -3.38. The maximum Gasteiger partial charge on any atom is 0.249 e. The maximum atomic E-state index is 13.9. The van der Waals surface area contributed by atoms with Crippen LogP contribution in [0, 0.1) is 0 Å². The number of likely N-dealkylation sites (N-methyl/N-ethyl adjacent to an activating group) is 1. The van der Waals surface area contributed by atoms with E-state index in [1.807, 2.05) is 29.2 Å². The second-order valence-electron chi connectivity index (χ2n) is 9.66. The zero-order valence-corrected chi connectivity index (χ0v) is 20.6. The lowest BCUT2D eigenvalue weighted by Crippen LogP contribution is -2.52. The Morgan fingerprint density at radius 1 is 1.11 bits per heavy atom. The first-order chi connectivity index (χ1) is 17.0. The molecule has 35 heavy (non-hydrogen) atoms. The summed E-state index contributed by atoms with van der Waals surface area (Å²) in [6.07, 6.45) is 3.79. The largest absolute Gasteiger partial charge is 0.496 e. The minimum atomic E-state index is -0.590. The number of benzene rings is 3. The van der Waals surface area contributed by atoms with E-state index in [0.717, 1.165) is 33.3 Å². The first-order valence-electron chi connectivity index (χ1n) is 12.5. The van der Waals surface area contributed by atoms with Gasteiger partial charge in [-0.3, -0.25) is 9.59 Å². The number of ether oxygens (including phenoxy) is 1. The molecule has 0 radical (unpaired) electrons. The van der Waals surface area contributed by atoms with Gasteiger partial charge in [0.1, 0.15) is 11.8 Å². The molecule has 3 aromatic carbocycles. The van der Waals surface area contributed by atoms with Gasteiger partial charge in [0.2, 0.25) is 11.8 Å². The third kappa shape index (κ3) is 4.63. The standard InChI is InChI=1S/C29H33N3O3/c1-18(30-2)28(33)31-25-14-11-20-6-4-5-7-26(20)32(29(25)34)17-24-23-13-10-21(19-8-9-19)16-22(23)12-15-27(24)35-3/h4-7,10,12-13,15-16,18-19,25,30H,8-9,11,14,17H2,1-3H3,(H,31,33)/t18-,25?/m0/s1. The molecule has 0 bridgehead atoms. The Morgan fingerprint density at radius 2 is 1.91 bits per heavy atom. The van der Waals surface area contributed by atoms with Gasteiger partial charge >= 0.3 is 0 Å². The van der Waals surface area contributed by atoms with Gasteiger partial charge in [-0.05, 0) is 79.6 Å². The number of methoxy groups -OCH3 is 1. The molecule has 6 heteroatoms. The summed E-state index contributed by atoms with van der Waals surface area (Å²) >= 11 is 0. The Morgan fingerprint density at radius 3 is 2.66 bits per heavy atom. The molecule has 1 heterocycles. The van der Waals surface area contributed by atoms with Crippen molar-refractivity contribution in [3.8, 4) is 5.75 Å². The van der Waals surface area contributed by atoms with Crippen molar-refractivity contribution in [2.24, 2.45) is 0 Å². The normalized spacial score (nSPS) is 18.7. The highest BCUT2D eigenvalue weighted by atomic mass is 16.5. The Balaban J connectivity index is 1.54. The predicted octanol–water partition coefficient (Wildman–Crippen LogP) is 4.30. The number of carbonyl (C=O) groups is 2. The zero-order valence-electron chi connectivity index (χ0n) is 20.6. The number of fused-ring (bicyclic) bond motifs is 2. The third-order valence-electron chi connectivity index (χ3n) is 7.39. The van der Waals surface area contributed by atoms with Crippen LogP contribution >= 0.6 is 0 Å². The number of rotatable bonds is 7. The van der Waals surface area contributed by atoms with E-state index in [1.165, 1.54) is 18.4 Å². The smallest absolute Gasteiger partial charge is 0.249 e. The number of anilines is 1. The summed E-state index contributed by atoms with van der Waals surface area (Å²) in [6.45, 7) is 2.16. The van der Waals surface area contributed by atoms with E-state index in [0.29, 0.717) is 25.3 Å². The SMILES string of the molecule is CN[C@@H](C)C(=O)NC1CCc2ccccc2N(Cc2c(OC)ccc3cc(C4CC4)ccc23)C1=O. The quantitative estimate of drug-likeness (QED) is 0.539. The first kappa shape index (κ1) is 23.4. The molecule has 2 atom stereocenters. The van der Waals surface area contributed by atoms with Crippen LogP contribution in [0.25, 0.3) is 10.8 Å². The van der Waals surface area contributed by atoms with Crippen LogP contribution in [0.2, 0.25) is 0 Å². The monoisotopic (exact) mass is 471 g/mol. The second kappa shape index (κ2) is 9.70. The minimum absolute atomic E-state index is 0.0970. The molecule has 1 aliphatic heterocycles. The predicted molar refractivity (Wildman–Crippen MR) is 139 cm³/mol. The molecule has 3 aromatic rings. The van der Waals surface area contributed by atoms with Gasteiger partial charge in [-0.1, -0.05) is 42.5 Å². The van der Waals surface area contributed by atoms with Crippen molar-refractivity contribution in [3.05, 3.63) is 71.3 Å². The van der Waals surface area contributed by atoms with Gasteiger partial charge in [-0.25, -0.2) is 0 Å². The molecule has 1 saturated carbocycles. The van der Waals surface area contributed by atoms with E-state index in [4.69, 9.17) is 4.74 Å². The van der Waals surface area contributed by atoms with E-state index in [1.54, 1.807) is 21.1 Å². The van der Waals surface area contributed by atoms with Gasteiger partial charge < -0.3 is 20.3 Å². The molecular formula is C29H33N3O3. The molecule has 2 aliphatic rings. The molecule has 6 nitrogen and oxygen atoms in total. The fraction of sp³-hybridized carbons (Fsp3) is 0.379. The van der Waals surface area contributed by atoms with Crippen molar-refractivity contribution in [2.75, 3.05) is 19.1 Å². The van der Waals surface area contributed by atoms with Crippen LogP contribution < -0.4 is 20.3 Å². The second-order valence-corrected chi connectivity index (χ2v) is 9.66. The molecule has 2 N–H and O–H groups in total. The zero-order chi connectivity index (χ0) is 24.5. The van der Waals surface area contributed by atoms with Crippen LogP contribution in [0.1, 0.15) is 48.8 Å². The van der Waals surface area contributed by atoms with Gasteiger partial charge in [-0.15, -0.1) is 0 Å². The Kier molecular flexibility index (Phi) is 6.48. The van der Waals surface area contributed by atoms with E-state index < -0.39 is 6.04 Å². The van der Waals surface area contributed by atoms with Gasteiger partial charge in [0.15, 0.2) is 0 Å². The molecule has 5 rings (SSSR count). The highest BCUT2D eigenvalue weighted by Gasteiger charge is 2.33. The van der Waals surface area contributed by atoms with Crippen molar-refractivity contribution in [3.63, 3.8) is 0 Å². The van der Waals surface area contributed by atoms with E-state index in [2.05, 4.69) is 41.0 Å². The topological polar surface area (TPSA) is 70.7 Å². The van der Waals surface area contributed by atoms with Gasteiger partial charge in [0.05, 0.1) is 19.7 Å². The number of amides is 2. The fourth-order valence-electron chi connectivity index (χ4n) is 5.02. The fourth-order valence-corrected chi connectivity index (χ4v) is 5.02. The molecule has 0 spiro atoms. The summed E-state index contributed by atoms with van der Waals surface area (Å²) in [5.41, 5.74) is 4.36. The van der Waals surface area contributed by atoms with Crippen molar-refractivity contribution in [1.82, 2.24) is 10.6 Å². The first-order valence-corrected chi connectivity index (χ1v) is 12.5. The lowest BCUT2D eigenvalue weighted by Gasteiger charge is -2.28. The highest BCUT2D eigenvalue weighted by Crippen LogP contribution is 2.42. The van der Waals surface area contributed by atoms with Crippen molar-refractivity contribution >= 4 is 28.3 Å². The van der Waals surface area contributed by atoms with Crippen LogP contribution in [-0.4, -0.2) is 38.1 Å². The summed E-state index contributed by atoms with van der Waals surface area (Å²) in [6, 6.07) is 17.8. The molecule has 182 valence electrons. The lowest BCUT2D eigenvalue weighted by molar-refractivity contribution is -0.128. The summed E-state index contributed by atoms with van der Waals surface area (Å²) in [5, 5.41) is 8.18. The average Bonchev–Trinajstić information content (AvgIpc) is 3.74. The van der Waals surface area contributed by atoms with Crippen LogP contribution in [0.5, 0.6) is 5.75 Å². The van der Waals surface area contributed by atoms with Crippen molar-refractivity contribution in [2.45, 2.75) is 57.2 Å². The molecule has 0 aromatic heterocycles. The number of aryl methyl sites for hydroxylation is 1. The van der Waals surface area contributed by atoms with E-state index in [-0.39, 0.29) is 17.9 Å². The minimum Gasteiger partial charge on any atom is -0.496 e. The van der Waals surface area contributed by atoms with Crippen molar-refractivity contribution in [1.29, 1.82) is 0 Å². The summed E-state index contributed by atoms with van der Waals surface area (Å²) in [4.78, 5) is 28.4. The molecule has 1 aliphatic carbocycles. The van der Waals surface area contributed by atoms with Crippen LogP contribution in [0.15, 0.2) is 54.6 Å². The number of para-hydroxylation sites is 1. The van der Waals surface area contributed by atoms with Gasteiger partial charge in [-0.2, -0.15) is 0 Å². The number of hydrogen-bond donors (Lipinski definition) is 2. The highest BCUT2D eigenvalue weighted by molar-refractivity contribution is 6.01. The summed E-state index contributed by atoms with van der Waals surface area (Å²) in [5.74, 6) is 1.16. The van der Waals surface area contributed by atoms with E-state index >= 15 is 0 Å². The molecule has 2 amide bonds. The van der Waals surface area contributed by atoms with Crippen molar-refractivity contribution < 1.29 is 14.3 Å². The van der Waals surface area contributed by atoms with Crippen LogP contribution in [0.3, 0.4) is 0 Å². The van der Waals surface area contributed by atoms with Gasteiger partial charge in [0.25, 0.3) is 0 Å². The third-order valence-corrected chi connectivity index (χ3v) is 7.39. The Bertz CT molecular complexity index is 1270. The van der Waals surface area contributed by atoms with E-state index in [9.17, 15) is 9.59 Å². The summed E-state index contributed by atoms with van der Waals surface area (Å²) < 4.78 is 5.76. The summed E-state index contributed by atoms with van der Waals surface area (Å²) in [7, 11) is 3.41. The maximum absolute atomic E-state index is 13.9. The number of nitrogens with one attached hydrogen (secondary N) is 2. The number of carbonyl (C=O) groups excluding carboxylic acids is 2. The van der Waals surface area contributed by atoms with Gasteiger partial charge in [0, 0.05) is 11.3 Å². The number of hydrogen-bond acceptors (Lipinski definition) is 4. The Labute approximate surface area is 206 Å². The lowest BCUT2D eigenvalue weighted by atomic mass is 9.98. The molecular weight excluding hydrogens is 438 g/mol. The molecule has 0 saturated heterocycles. The molecule has 1 fully saturated rings. The van der Waals surface area contributed by atoms with Crippen LogP contribution in [-0.2, 0) is 22.6 Å². The average molecular weight is 472 g/mol.